The lowest BCUT2D eigenvalue weighted by Gasteiger charge is -2.22. The van der Waals surface area contributed by atoms with E-state index in [2.05, 4.69) is 10.6 Å². The van der Waals surface area contributed by atoms with Crippen molar-refractivity contribution in [3.8, 4) is 0 Å². The van der Waals surface area contributed by atoms with E-state index in [-0.39, 0.29) is 24.8 Å². The normalized spacial score (nSPS) is 19.8. The molecule has 1 aliphatic heterocycles. The minimum Gasteiger partial charge on any atom is -0.302 e. The summed E-state index contributed by atoms with van der Waals surface area (Å²) in [6.45, 7) is 0.151. The lowest BCUT2D eigenvalue weighted by molar-refractivity contribution is -0.134. The van der Waals surface area contributed by atoms with E-state index >= 15 is 0 Å². The average Bonchev–Trinajstić information content (AvgIpc) is 2.31. The van der Waals surface area contributed by atoms with Gasteiger partial charge >= 0.3 is 0 Å². The van der Waals surface area contributed by atoms with Crippen molar-refractivity contribution < 1.29 is 14.0 Å². The first-order valence-corrected chi connectivity index (χ1v) is 5.95. The van der Waals surface area contributed by atoms with Crippen LogP contribution in [0.5, 0.6) is 0 Å². The molecule has 0 spiro atoms. The first-order chi connectivity index (χ1) is 8.58. The van der Waals surface area contributed by atoms with Gasteiger partial charge in [0.25, 0.3) is 0 Å². The van der Waals surface area contributed by atoms with Crippen LogP contribution in [0.15, 0.2) is 18.2 Å². The van der Waals surface area contributed by atoms with Crippen LogP contribution >= 0.6 is 11.6 Å². The fourth-order valence-electron chi connectivity index (χ4n) is 1.81. The fraction of sp³-hybridized carbons (Fsp3) is 0.333. The molecule has 4 nitrogen and oxygen atoms in total. The number of carbonyl (C=O) groups excluding carboxylic acids is 2. The molecule has 1 heterocycles. The van der Waals surface area contributed by atoms with E-state index in [1.807, 2.05) is 0 Å². The summed E-state index contributed by atoms with van der Waals surface area (Å²) in [6.07, 6.45) is 0.700. The molecule has 6 heteroatoms. The maximum Gasteiger partial charge on any atom is 0.243 e. The van der Waals surface area contributed by atoms with Gasteiger partial charge in [-0.25, -0.2) is 4.39 Å². The van der Waals surface area contributed by atoms with Crippen molar-refractivity contribution in [2.45, 2.75) is 25.4 Å². The molecular weight excluding hydrogens is 259 g/mol. The number of amides is 2. The number of rotatable bonds is 3. The highest BCUT2D eigenvalue weighted by Crippen LogP contribution is 2.19. The van der Waals surface area contributed by atoms with Crippen molar-refractivity contribution in [1.29, 1.82) is 0 Å². The lowest BCUT2D eigenvalue weighted by atomic mass is 10.1. The molecule has 2 amide bonds. The molecule has 0 saturated carbocycles. The van der Waals surface area contributed by atoms with Crippen LogP contribution in [-0.2, 0) is 16.1 Å². The zero-order valence-corrected chi connectivity index (χ0v) is 10.3. The molecule has 1 unspecified atom stereocenters. The number of piperidine rings is 1. The van der Waals surface area contributed by atoms with Gasteiger partial charge in [0.1, 0.15) is 5.82 Å². The van der Waals surface area contributed by atoms with Gasteiger partial charge in [-0.2, -0.15) is 0 Å². The predicted molar refractivity (Wildman–Crippen MR) is 64.4 cm³/mol. The monoisotopic (exact) mass is 270 g/mol. The molecule has 1 aromatic carbocycles. The molecule has 1 fully saturated rings. The van der Waals surface area contributed by atoms with Crippen LogP contribution < -0.4 is 10.6 Å². The molecule has 0 radical (unpaired) electrons. The third kappa shape index (κ3) is 2.86. The van der Waals surface area contributed by atoms with Crippen molar-refractivity contribution in [2.24, 2.45) is 0 Å². The van der Waals surface area contributed by atoms with Crippen LogP contribution in [0.4, 0.5) is 4.39 Å². The minimum absolute atomic E-state index is 0.151. The number of nitrogens with one attached hydrogen (secondary N) is 2. The number of hydrogen-bond donors (Lipinski definition) is 2. The molecule has 2 N–H and O–H groups in total. The van der Waals surface area contributed by atoms with E-state index in [1.54, 1.807) is 6.07 Å². The molecule has 0 aliphatic carbocycles. The van der Waals surface area contributed by atoms with Crippen LogP contribution in [-0.4, -0.2) is 17.9 Å². The Morgan fingerprint density at radius 2 is 2.22 bits per heavy atom. The van der Waals surface area contributed by atoms with Crippen LogP contribution in [0, 0.1) is 5.82 Å². The second-order valence-corrected chi connectivity index (χ2v) is 4.49. The Hall–Kier alpha value is -1.46. The van der Waals surface area contributed by atoms with Crippen LogP contribution in [0.25, 0.3) is 0 Å². The summed E-state index contributed by atoms with van der Waals surface area (Å²) in [5.74, 6) is -1.07. The second-order valence-electron chi connectivity index (χ2n) is 4.08. The van der Waals surface area contributed by atoms with E-state index in [0.29, 0.717) is 17.0 Å². The summed E-state index contributed by atoms with van der Waals surface area (Å²) in [4.78, 5) is 22.4. The van der Waals surface area contributed by atoms with Crippen molar-refractivity contribution >= 4 is 23.4 Å². The molecule has 2 rings (SSSR count). The molecule has 0 aromatic heterocycles. The Morgan fingerprint density at radius 1 is 1.44 bits per heavy atom. The maximum absolute atomic E-state index is 13.5. The zero-order chi connectivity index (χ0) is 13.1. The number of carbonyl (C=O) groups is 2. The maximum atomic E-state index is 13.5. The van der Waals surface area contributed by atoms with E-state index in [9.17, 15) is 14.0 Å². The number of imide groups is 1. The number of benzene rings is 1. The van der Waals surface area contributed by atoms with E-state index in [1.165, 1.54) is 12.1 Å². The molecule has 18 heavy (non-hydrogen) atoms. The summed E-state index contributed by atoms with van der Waals surface area (Å²) < 4.78 is 13.5. The van der Waals surface area contributed by atoms with Gasteiger partial charge in [-0.15, -0.1) is 0 Å². The Morgan fingerprint density at radius 3 is 2.89 bits per heavy atom. The lowest BCUT2D eigenvalue weighted by Crippen LogP contribution is -2.50. The molecule has 1 saturated heterocycles. The smallest absolute Gasteiger partial charge is 0.243 e. The molecular formula is C12H12ClFN2O2. The van der Waals surface area contributed by atoms with Gasteiger partial charge in [0.2, 0.25) is 11.8 Å². The highest BCUT2D eigenvalue weighted by Gasteiger charge is 2.26. The third-order valence-electron chi connectivity index (χ3n) is 2.83. The standard InChI is InChI=1S/C12H12ClFN2O2/c13-8-2-1-3-9(14)7(8)6-15-10-4-5-11(17)16-12(10)18/h1-3,10,15H,4-6H2,(H,16,17,18). The average molecular weight is 271 g/mol. The second kappa shape index (κ2) is 5.46. The molecule has 0 bridgehead atoms. The number of halogens is 2. The highest BCUT2D eigenvalue weighted by atomic mass is 35.5. The van der Waals surface area contributed by atoms with Crippen LogP contribution in [0.3, 0.4) is 0 Å². The van der Waals surface area contributed by atoms with Crippen LogP contribution in [0.2, 0.25) is 5.02 Å². The van der Waals surface area contributed by atoms with Gasteiger partial charge in [-0.05, 0) is 18.6 Å². The first-order valence-electron chi connectivity index (χ1n) is 5.58. The Kier molecular flexibility index (Phi) is 3.93. The van der Waals surface area contributed by atoms with Crippen LogP contribution in [0.1, 0.15) is 18.4 Å². The summed E-state index contributed by atoms with van der Waals surface area (Å²) in [6, 6.07) is 3.94. The van der Waals surface area contributed by atoms with Crippen molar-refractivity contribution in [3.05, 3.63) is 34.6 Å². The summed E-state index contributed by atoms with van der Waals surface area (Å²) >= 11 is 5.87. The van der Waals surface area contributed by atoms with Gasteiger partial charge in [0.05, 0.1) is 6.04 Å². The Balaban J connectivity index is 1.99. The summed E-state index contributed by atoms with van der Waals surface area (Å²) in [5.41, 5.74) is 0.323. The SMILES string of the molecule is O=C1CCC(NCc2c(F)cccc2Cl)C(=O)N1. The Bertz CT molecular complexity index is 473. The van der Waals surface area contributed by atoms with Gasteiger partial charge < -0.3 is 5.32 Å². The van der Waals surface area contributed by atoms with E-state index in [0.717, 1.165) is 0 Å². The largest absolute Gasteiger partial charge is 0.302 e. The minimum atomic E-state index is -0.488. The summed E-state index contributed by atoms with van der Waals surface area (Å²) in [7, 11) is 0. The van der Waals surface area contributed by atoms with Crippen molar-refractivity contribution in [1.82, 2.24) is 10.6 Å². The summed E-state index contributed by atoms with van der Waals surface area (Å²) in [5, 5.41) is 5.44. The first kappa shape index (κ1) is 13.0. The molecule has 1 atom stereocenters. The van der Waals surface area contributed by atoms with Gasteiger partial charge in [0, 0.05) is 23.6 Å². The highest BCUT2D eigenvalue weighted by molar-refractivity contribution is 6.31. The topological polar surface area (TPSA) is 58.2 Å². The Labute approximate surface area is 109 Å². The van der Waals surface area contributed by atoms with E-state index < -0.39 is 11.9 Å². The number of hydrogen-bond acceptors (Lipinski definition) is 3. The predicted octanol–water partition coefficient (Wildman–Crippen LogP) is 1.37. The quantitative estimate of drug-likeness (QED) is 0.816. The molecule has 1 aliphatic rings. The molecule has 1 aromatic rings. The fourth-order valence-corrected chi connectivity index (χ4v) is 2.04. The van der Waals surface area contributed by atoms with Gasteiger partial charge in [-0.3, -0.25) is 14.9 Å². The molecule has 96 valence electrons. The van der Waals surface area contributed by atoms with Gasteiger partial charge in [0.15, 0.2) is 0 Å². The zero-order valence-electron chi connectivity index (χ0n) is 9.50. The van der Waals surface area contributed by atoms with Gasteiger partial charge in [-0.1, -0.05) is 17.7 Å². The van der Waals surface area contributed by atoms with E-state index in [4.69, 9.17) is 11.6 Å². The van der Waals surface area contributed by atoms with Crippen molar-refractivity contribution in [2.75, 3.05) is 0 Å². The van der Waals surface area contributed by atoms with Crippen molar-refractivity contribution in [3.63, 3.8) is 0 Å². The third-order valence-corrected chi connectivity index (χ3v) is 3.18.